The third-order valence-electron chi connectivity index (χ3n) is 5.91. The van der Waals surface area contributed by atoms with E-state index in [4.69, 9.17) is 9.72 Å². The molecular weight excluding hydrogens is 442 g/mol. The molecule has 3 aromatic heterocycles. The number of phenolic OH excluding ortho intramolecular Hbond substituents is 1. The minimum Gasteiger partial charge on any atom is -0.506 e. The molecule has 8 heteroatoms. The van der Waals surface area contributed by atoms with Gasteiger partial charge >= 0.3 is 0 Å². The molecule has 0 saturated heterocycles. The zero-order chi connectivity index (χ0) is 21.8. The lowest BCUT2D eigenvalue weighted by Crippen LogP contribution is -2.23. The first-order valence-electron chi connectivity index (χ1n) is 10.3. The summed E-state index contributed by atoms with van der Waals surface area (Å²) < 4.78 is 7.90. The number of hydrogen-bond acceptors (Lipinski definition) is 7. The first kappa shape index (κ1) is 19.5. The fraction of sp³-hybridized carbons (Fsp3) is 0.208. The van der Waals surface area contributed by atoms with Crippen molar-refractivity contribution < 1.29 is 9.84 Å². The molecule has 160 valence electrons. The van der Waals surface area contributed by atoms with Gasteiger partial charge in [0.05, 0.1) is 29.3 Å². The van der Waals surface area contributed by atoms with Gasteiger partial charge in [0.25, 0.3) is 5.56 Å². The zero-order valence-corrected chi connectivity index (χ0v) is 18.9. The van der Waals surface area contributed by atoms with Crippen LogP contribution in [0.3, 0.4) is 0 Å². The van der Waals surface area contributed by atoms with Gasteiger partial charge in [-0.3, -0.25) is 14.3 Å². The van der Waals surface area contributed by atoms with Gasteiger partial charge in [-0.1, -0.05) is 12.1 Å². The number of thiazole rings is 1. The SMILES string of the molecule is COc1ccc(-c2nc3sc4c(O)cccc4c3c(=O)n2Cc2cncs2)c(C2CC2)c1. The maximum atomic E-state index is 13.9. The van der Waals surface area contributed by atoms with Crippen molar-refractivity contribution >= 4 is 43.0 Å². The highest BCUT2D eigenvalue weighted by atomic mass is 32.1. The normalized spacial score (nSPS) is 13.8. The van der Waals surface area contributed by atoms with E-state index in [-0.39, 0.29) is 11.3 Å². The van der Waals surface area contributed by atoms with Crippen LogP contribution < -0.4 is 10.3 Å². The van der Waals surface area contributed by atoms with Gasteiger partial charge in [0.2, 0.25) is 0 Å². The number of methoxy groups -OCH3 is 1. The van der Waals surface area contributed by atoms with Crippen molar-refractivity contribution in [2.45, 2.75) is 25.3 Å². The van der Waals surface area contributed by atoms with Crippen LogP contribution in [0.25, 0.3) is 31.7 Å². The molecular formula is C24H19N3O3S2. The van der Waals surface area contributed by atoms with Crippen LogP contribution in [-0.2, 0) is 6.54 Å². The number of nitrogens with zero attached hydrogens (tertiary/aromatic N) is 3. The topological polar surface area (TPSA) is 77.2 Å². The monoisotopic (exact) mass is 461 g/mol. The first-order chi connectivity index (χ1) is 15.6. The third-order valence-corrected chi connectivity index (χ3v) is 7.80. The highest BCUT2D eigenvalue weighted by Crippen LogP contribution is 2.46. The Morgan fingerprint density at radius 3 is 2.88 bits per heavy atom. The van der Waals surface area contributed by atoms with Gasteiger partial charge < -0.3 is 9.84 Å². The maximum Gasteiger partial charge on any atom is 0.263 e. The molecule has 0 aliphatic heterocycles. The number of aromatic nitrogens is 3. The molecule has 3 heterocycles. The van der Waals surface area contributed by atoms with Crippen molar-refractivity contribution in [2.75, 3.05) is 7.11 Å². The maximum absolute atomic E-state index is 13.9. The quantitative estimate of drug-likeness (QED) is 0.381. The van der Waals surface area contributed by atoms with Crippen molar-refractivity contribution in [1.82, 2.24) is 14.5 Å². The lowest BCUT2D eigenvalue weighted by Gasteiger charge is -2.16. The summed E-state index contributed by atoms with van der Waals surface area (Å²) >= 11 is 2.87. The molecule has 6 rings (SSSR count). The van der Waals surface area contributed by atoms with E-state index in [9.17, 15) is 9.90 Å². The van der Waals surface area contributed by atoms with Crippen LogP contribution in [0.4, 0.5) is 0 Å². The summed E-state index contributed by atoms with van der Waals surface area (Å²) in [5.74, 6) is 2.07. The Labute approximate surface area is 191 Å². The minimum absolute atomic E-state index is 0.104. The predicted octanol–water partition coefficient (Wildman–Crippen LogP) is 5.37. The van der Waals surface area contributed by atoms with Crippen LogP contribution in [0.2, 0.25) is 0 Å². The van der Waals surface area contributed by atoms with E-state index in [1.165, 1.54) is 22.7 Å². The third kappa shape index (κ3) is 3.10. The number of ether oxygens (including phenoxy) is 1. The van der Waals surface area contributed by atoms with E-state index in [0.717, 1.165) is 40.0 Å². The summed E-state index contributed by atoms with van der Waals surface area (Å²) in [6.45, 7) is 0.397. The Bertz CT molecular complexity index is 1530. The van der Waals surface area contributed by atoms with Gasteiger partial charge in [-0.2, -0.15) is 0 Å². The van der Waals surface area contributed by atoms with E-state index in [1.807, 2.05) is 18.2 Å². The van der Waals surface area contributed by atoms with Crippen LogP contribution >= 0.6 is 22.7 Å². The summed E-state index contributed by atoms with van der Waals surface area (Å²) in [4.78, 5) is 24.7. The molecule has 1 saturated carbocycles. The van der Waals surface area contributed by atoms with Gasteiger partial charge in [0.15, 0.2) is 0 Å². The number of benzene rings is 2. The van der Waals surface area contributed by atoms with Crippen molar-refractivity contribution in [1.29, 1.82) is 0 Å². The van der Waals surface area contributed by atoms with Gasteiger partial charge in [0, 0.05) is 22.0 Å². The molecule has 0 amide bonds. The van der Waals surface area contributed by atoms with Crippen molar-refractivity contribution in [3.63, 3.8) is 0 Å². The second kappa shape index (κ2) is 7.43. The van der Waals surface area contributed by atoms with Gasteiger partial charge in [-0.05, 0) is 48.6 Å². The number of rotatable bonds is 5. The highest BCUT2D eigenvalue weighted by Gasteiger charge is 2.29. The van der Waals surface area contributed by atoms with E-state index in [1.54, 1.807) is 35.5 Å². The number of hydrogen-bond donors (Lipinski definition) is 1. The molecule has 32 heavy (non-hydrogen) atoms. The van der Waals surface area contributed by atoms with E-state index in [2.05, 4.69) is 11.1 Å². The van der Waals surface area contributed by atoms with Crippen LogP contribution in [0.5, 0.6) is 11.5 Å². The zero-order valence-electron chi connectivity index (χ0n) is 17.2. The number of phenols is 1. The average molecular weight is 462 g/mol. The molecule has 5 aromatic rings. The Morgan fingerprint density at radius 1 is 1.25 bits per heavy atom. The van der Waals surface area contributed by atoms with Gasteiger partial charge in [-0.15, -0.1) is 22.7 Å². The first-order valence-corrected chi connectivity index (χ1v) is 12.0. The minimum atomic E-state index is -0.104. The molecule has 0 atom stereocenters. The van der Waals surface area contributed by atoms with Crippen molar-refractivity contribution in [3.05, 3.63) is 68.9 Å². The Kier molecular flexibility index (Phi) is 4.51. The second-order valence-corrected chi connectivity index (χ2v) is 9.93. The van der Waals surface area contributed by atoms with Gasteiger partial charge in [0.1, 0.15) is 22.2 Å². The number of thiophene rings is 1. The molecule has 0 radical (unpaired) electrons. The van der Waals surface area contributed by atoms with E-state index >= 15 is 0 Å². The predicted molar refractivity (Wildman–Crippen MR) is 128 cm³/mol. The average Bonchev–Trinajstić information content (AvgIpc) is 3.38. The molecule has 0 bridgehead atoms. The highest BCUT2D eigenvalue weighted by molar-refractivity contribution is 7.25. The molecule has 2 aromatic carbocycles. The molecule has 1 aliphatic carbocycles. The molecule has 1 N–H and O–H groups in total. The Hall–Kier alpha value is -3.23. The van der Waals surface area contributed by atoms with Gasteiger partial charge in [-0.25, -0.2) is 4.98 Å². The lowest BCUT2D eigenvalue weighted by molar-refractivity contribution is 0.414. The standard InChI is InChI=1S/C24H19N3O3S2/c1-30-14-7-8-16(18(9-14)13-5-6-13)22-26-23-20(17-3-2-4-19(28)21(17)32-23)24(29)27(22)11-15-10-25-12-31-15/h2-4,7-10,12-13,28H,5-6,11H2,1H3. The number of fused-ring (bicyclic) bond motifs is 3. The Morgan fingerprint density at radius 2 is 2.12 bits per heavy atom. The second-order valence-electron chi connectivity index (χ2n) is 7.96. The van der Waals surface area contributed by atoms with Crippen LogP contribution in [0.1, 0.15) is 29.2 Å². The smallest absolute Gasteiger partial charge is 0.263 e. The van der Waals surface area contributed by atoms with Crippen LogP contribution in [-0.4, -0.2) is 26.8 Å². The molecule has 1 aliphatic rings. The summed E-state index contributed by atoms with van der Waals surface area (Å²) in [6, 6.07) is 11.3. The lowest BCUT2D eigenvalue weighted by atomic mass is 10.0. The Balaban J connectivity index is 1.68. The van der Waals surface area contributed by atoms with E-state index < -0.39 is 0 Å². The molecule has 1 fully saturated rings. The van der Waals surface area contributed by atoms with Crippen LogP contribution in [0, 0.1) is 0 Å². The van der Waals surface area contributed by atoms with Crippen molar-refractivity contribution in [2.24, 2.45) is 0 Å². The van der Waals surface area contributed by atoms with Crippen LogP contribution in [0.15, 0.2) is 52.9 Å². The fourth-order valence-electron chi connectivity index (χ4n) is 4.20. The van der Waals surface area contributed by atoms with E-state index in [0.29, 0.717) is 33.2 Å². The molecule has 0 unspecified atom stereocenters. The summed E-state index contributed by atoms with van der Waals surface area (Å²) in [6.07, 6.45) is 4.04. The summed E-state index contributed by atoms with van der Waals surface area (Å²) in [7, 11) is 1.67. The fourth-order valence-corrected chi connectivity index (χ4v) is 5.86. The summed E-state index contributed by atoms with van der Waals surface area (Å²) in [5, 5.41) is 11.7. The molecule has 6 nitrogen and oxygen atoms in total. The van der Waals surface area contributed by atoms with Crippen molar-refractivity contribution in [3.8, 4) is 22.9 Å². The number of aromatic hydroxyl groups is 1. The largest absolute Gasteiger partial charge is 0.506 e. The molecule has 0 spiro atoms. The summed E-state index contributed by atoms with van der Waals surface area (Å²) in [5.41, 5.74) is 3.79.